The molecule has 0 aromatic carbocycles. The molecule has 0 spiro atoms. The lowest BCUT2D eigenvalue weighted by atomic mass is 10.1. The van der Waals surface area contributed by atoms with E-state index >= 15 is 0 Å². The molecule has 7 nitrogen and oxygen atoms in total. The van der Waals surface area contributed by atoms with Crippen molar-refractivity contribution in [3.8, 4) is 0 Å². The van der Waals surface area contributed by atoms with Crippen molar-refractivity contribution in [2.75, 3.05) is 0 Å². The number of ketones is 1. The fourth-order valence-electron chi connectivity index (χ4n) is 1.05. The first-order valence-corrected chi connectivity index (χ1v) is 4.34. The van der Waals surface area contributed by atoms with E-state index in [-0.39, 0.29) is 17.0 Å². The molecule has 0 saturated carbocycles. The van der Waals surface area contributed by atoms with Crippen molar-refractivity contribution in [3.63, 3.8) is 0 Å². The van der Waals surface area contributed by atoms with E-state index in [1.54, 1.807) is 0 Å². The zero-order valence-corrected chi connectivity index (χ0v) is 8.48. The number of pyridine rings is 1. The average Bonchev–Trinajstić information content (AvgIpc) is 2.25. The van der Waals surface area contributed by atoms with Crippen LogP contribution < -0.4 is 16.6 Å². The van der Waals surface area contributed by atoms with Crippen LogP contribution in [0.1, 0.15) is 27.8 Å². The number of hydrogen-bond acceptors (Lipinski definition) is 4. The first kappa shape index (κ1) is 11.6. The number of hydrogen-bond donors (Lipinski definition) is 3. The number of aromatic nitrogens is 1. The van der Waals surface area contributed by atoms with Gasteiger partial charge in [-0.1, -0.05) is 0 Å². The molecular formula is C9H10N4O3. The molecule has 84 valence electrons. The lowest BCUT2D eigenvalue weighted by Gasteiger charge is -2.06. The second-order valence-electron chi connectivity index (χ2n) is 2.90. The van der Waals surface area contributed by atoms with Crippen LogP contribution in [0.4, 0.5) is 4.79 Å². The molecule has 0 bridgehead atoms. The average molecular weight is 222 g/mol. The van der Waals surface area contributed by atoms with Gasteiger partial charge in [-0.25, -0.2) is 10.2 Å². The van der Waals surface area contributed by atoms with Gasteiger partial charge in [0, 0.05) is 13.1 Å². The molecule has 7 heteroatoms. The second kappa shape index (κ2) is 4.87. The normalized spacial score (nSPS) is 9.31. The number of rotatable bonds is 2. The highest BCUT2D eigenvalue weighted by Gasteiger charge is 2.15. The number of nitrogens with two attached hydrogens (primary N) is 1. The largest absolute Gasteiger partial charge is 0.350 e. The van der Waals surface area contributed by atoms with Crippen LogP contribution in [0.3, 0.4) is 0 Å². The number of carbonyl (C=O) groups is 3. The Kier molecular flexibility index (Phi) is 3.54. The van der Waals surface area contributed by atoms with Gasteiger partial charge >= 0.3 is 6.03 Å². The molecule has 0 atom stereocenters. The van der Waals surface area contributed by atoms with Crippen LogP contribution >= 0.6 is 0 Å². The fourth-order valence-corrected chi connectivity index (χ4v) is 1.05. The highest BCUT2D eigenvalue weighted by atomic mass is 16.2. The Morgan fingerprint density at radius 2 is 2.00 bits per heavy atom. The number of Topliss-reactive ketones (excluding diaryl/α,β-unsaturated/α-hetero) is 1. The molecule has 0 aliphatic rings. The molecule has 3 amide bonds. The Hall–Kier alpha value is -2.44. The van der Waals surface area contributed by atoms with Crippen LogP contribution in [0.25, 0.3) is 0 Å². The first-order chi connectivity index (χ1) is 7.52. The summed E-state index contributed by atoms with van der Waals surface area (Å²) in [7, 11) is 0. The van der Waals surface area contributed by atoms with Gasteiger partial charge in [0.1, 0.15) is 5.69 Å². The van der Waals surface area contributed by atoms with Gasteiger partial charge in [0.05, 0.1) is 5.56 Å². The van der Waals surface area contributed by atoms with Crippen LogP contribution in [0, 0.1) is 0 Å². The lowest BCUT2D eigenvalue weighted by molar-refractivity contribution is 0.0923. The van der Waals surface area contributed by atoms with Crippen molar-refractivity contribution in [3.05, 3.63) is 29.6 Å². The number of amides is 3. The number of nitrogens with one attached hydrogen (secondary N) is 2. The summed E-state index contributed by atoms with van der Waals surface area (Å²) in [4.78, 5) is 36.8. The van der Waals surface area contributed by atoms with Crippen LogP contribution in [0.2, 0.25) is 0 Å². The number of urea groups is 1. The Morgan fingerprint density at radius 3 is 2.56 bits per heavy atom. The third-order valence-electron chi connectivity index (χ3n) is 1.69. The molecule has 1 heterocycles. The Morgan fingerprint density at radius 1 is 1.31 bits per heavy atom. The van der Waals surface area contributed by atoms with Gasteiger partial charge in [-0.3, -0.25) is 20.0 Å². The maximum absolute atomic E-state index is 11.5. The fraction of sp³-hybridized carbons (Fsp3) is 0.111. The summed E-state index contributed by atoms with van der Waals surface area (Å²) >= 11 is 0. The van der Waals surface area contributed by atoms with Crippen molar-refractivity contribution in [1.82, 2.24) is 15.8 Å². The summed E-state index contributed by atoms with van der Waals surface area (Å²) in [5, 5.41) is 0. The third-order valence-corrected chi connectivity index (χ3v) is 1.69. The van der Waals surface area contributed by atoms with E-state index in [1.165, 1.54) is 25.3 Å². The van der Waals surface area contributed by atoms with Crippen molar-refractivity contribution >= 4 is 17.7 Å². The van der Waals surface area contributed by atoms with Gasteiger partial charge < -0.3 is 5.73 Å². The van der Waals surface area contributed by atoms with Crippen molar-refractivity contribution in [2.24, 2.45) is 5.73 Å². The smallest absolute Gasteiger partial charge is 0.330 e. The molecule has 16 heavy (non-hydrogen) atoms. The molecule has 1 aromatic heterocycles. The number of carbonyl (C=O) groups excluding carboxylic acids is 3. The predicted molar refractivity (Wildman–Crippen MR) is 54.4 cm³/mol. The van der Waals surface area contributed by atoms with Crippen LogP contribution in [0.5, 0.6) is 0 Å². The molecule has 0 aliphatic heterocycles. The first-order valence-electron chi connectivity index (χ1n) is 4.34. The quantitative estimate of drug-likeness (QED) is 0.466. The van der Waals surface area contributed by atoms with Crippen LogP contribution in [0.15, 0.2) is 18.3 Å². The van der Waals surface area contributed by atoms with E-state index in [1.807, 2.05) is 10.9 Å². The minimum Gasteiger partial charge on any atom is -0.350 e. The maximum Gasteiger partial charge on any atom is 0.330 e. The van der Waals surface area contributed by atoms with Crippen LogP contribution in [-0.2, 0) is 0 Å². The Balaban J connectivity index is 2.90. The molecule has 0 saturated heterocycles. The Bertz CT molecular complexity index is 444. The summed E-state index contributed by atoms with van der Waals surface area (Å²) in [6.07, 6.45) is 1.40. The molecule has 0 aliphatic carbocycles. The Labute approximate surface area is 91.0 Å². The number of hydrazine groups is 1. The van der Waals surface area contributed by atoms with Gasteiger partial charge in [-0.05, 0) is 12.1 Å². The zero-order valence-electron chi connectivity index (χ0n) is 8.48. The summed E-state index contributed by atoms with van der Waals surface area (Å²) in [6.45, 7) is 1.29. The van der Waals surface area contributed by atoms with Gasteiger partial charge in [0.15, 0.2) is 5.78 Å². The molecular weight excluding hydrogens is 212 g/mol. The van der Waals surface area contributed by atoms with Crippen LogP contribution in [-0.4, -0.2) is 22.7 Å². The van der Waals surface area contributed by atoms with Gasteiger partial charge in [-0.15, -0.1) is 0 Å². The topological polar surface area (TPSA) is 114 Å². The highest BCUT2D eigenvalue weighted by Crippen LogP contribution is 2.05. The van der Waals surface area contributed by atoms with Crippen molar-refractivity contribution in [2.45, 2.75) is 6.92 Å². The van der Waals surface area contributed by atoms with Gasteiger partial charge in [0.2, 0.25) is 0 Å². The molecule has 1 aromatic rings. The van der Waals surface area contributed by atoms with E-state index in [4.69, 9.17) is 5.73 Å². The minimum absolute atomic E-state index is 0.0336. The SMILES string of the molecule is CC(=O)c1ncccc1C(=O)NNC(N)=O. The molecule has 0 unspecified atom stereocenters. The maximum atomic E-state index is 11.5. The highest BCUT2D eigenvalue weighted by molar-refractivity contribution is 6.06. The van der Waals surface area contributed by atoms with Crippen molar-refractivity contribution in [1.29, 1.82) is 0 Å². The summed E-state index contributed by atoms with van der Waals surface area (Å²) in [5.41, 5.74) is 8.82. The van der Waals surface area contributed by atoms with E-state index in [0.29, 0.717) is 0 Å². The predicted octanol–water partition coefficient (Wildman–Crippen LogP) is -0.403. The summed E-state index contributed by atoms with van der Waals surface area (Å²) in [6, 6.07) is 2.02. The molecule has 0 fully saturated rings. The zero-order chi connectivity index (χ0) is 12.1. The molecule has 4 N–H and O–H groups in total. The second-order valence-corrected chi connectivity index (χ2v) is 2.90. The number of primary amides is 1. The minimum atomic E-state index is -0.901. The summed E-state index contributed by atoms with van der Waals surface area (Å²) < 4.78 is 0. The van der Waals surface area contributed by atoms with E-state index < -0.39 is 11.9 Å². The standard InChI is InChI=1S/C9H10N4O3/c1-5(14)7-6(3-2-4-11-7)8(15)12-13-9(10)16/h2-4H,1H3,(H,12,15)(H3,10,13,16). The van der Waals surface area contributed by atoms with E-state index in [2.05, 4.69) is 4.98 Å². The lowest BCUT2D eigenvalue weighted by Crippen LogP contribution is -2.44. The monoisotopic (exact) mass is 222 g/mol. The molecule has 1 rings (SSSR count). The van der Waals surface area contributed by atoms with E-state index in [9.17, 15) is 14.4 Å². The third kappa shape index (κ3) is 2.77. The van der Waals surface area contributed by atoms with Crippen molar-refractivity contribution < 1.29 is 14.4 Å². The van der Waals surface area contributed by atoms with Gasteiger partial charge in [0.25, 0.3) is 5.91 Å². The molecule has 0 radical (unpaired) electrons. The number of nitrogens with zero attached hydrogens (tertiary/aromatic N) is 1. The van der Waals surface area contributed by atoms with E-state index in [0.717, 1.165) is 0 Å². The van der Waals surface area contributed by atoms with Gasteiger partial charge in [-0.2, -0.15) is 0 Å². The summed E-state index contributed by atoms with van der Waals surface area (Å²) in [5.74, 6) is -0.998.